The second kappa shape index (κ2) is 26.7. The van der Waals surface area contributed by atoms with E-state index in [1.807, 2.05) is 66.2 Å². The maximum atomic E-state index is 6.51. The van der Waals surface area contributed by atoms with Crippen LogP contribution in [-0.2, 0) is 0 Å². The molecule has 1 aromatic rings. The summed E-state index contributed by atoms with van der Waals surface area (Å²) in [6.07, 6.45) is 12.6. The van der Waals surface area contributed by atoms with Gasteiger partial charge in [0, 0.05) is 31.4 Å². The number of likely N-dealkylation sites (N-methyl/N-ethyl adjacent to an activating group) is 1. The Morgan fingerprint density at radius 3 is 2.13 bits per heavy atom. The second-order valence-corrected chi connectivity index (χ2v) is 10.0. The van der Waals surface area contributed by atoms with E-state index in [2.05, 4.69) is 81.0 Å². The van der Waals surface area contributed by atoms with Crippen molar-refractivity contribution in [1.29, 1.82) is 0 Å². The lowest BCUT2D eigenvalue weighted by Crippen LogP contribution is -2.38. The topological polar surface area (TPSA) is 79.3 Å². The summed E-state index contributed by atoms with van der Waals surface area (Å²) in [6.45, 7) is 23.8. The van der Waals surface area contributed by atoms with Crippen LogP contribution in [0.4, 0.5) is 0 Å². The lowest BCUT2D eigenvalue weighted by Gasteiger charge is -2.32. The van der Waals surface area contributed by atoms with Crippen LogP contribution in [0.5, 0.6) is 0 Å². The Hall–Kier alpha value is -1.92. The predicted molar refractivity (Wildman–Crippen MR) is 175 cm³/mol. The molecule has 0 aliphatic carbocycles. The third kappa shape index (κ3) is 21.1. The van der Waals surface area contributed by atoms with Crippen LogP contribution >= 0.6 is 0 Å². The molecule has 1 aromatic carbocycles. The molecule has 5 heteroatoms. The minimum Gasteiger partial charge on any atom is -0.389 e. The van der Waals surface area contributed by atoms with E-state index < -0.39 is 0 Å². The van der Waals surface area contributed by atoms with Crippen LogP contribution in [0.1, 0.15) is 91.3 Å². The molecule has 0 aliphatic heterocycles. The van der Waals surface area contributed by atoms with Crippen LogP contribution in [-0.4, -0.2) is 51.7 Å². The number of allylic oxidation sites excluding steroid dienone is 4. The van der Waals surface area contributed by atoms with E-state index in [1.54, 1.807) is 0 Å². The first kappa shape index (κ1) is 40.6. The molecule has 0 fully saturated rings. The molecule has 0 amide bonds. The van der Waals surface area contributed by atoms with Gasteiger partial charge < -0.3 is 22.1 Å². The number of nitrogens with one attached hydrogen (secondary N) is 2. The Kier molecular flexibility index (Phi) is 28.5. The highest BCUT2D eigenvalue weighted by Gasteiger charge is 2.22. The first-order chi connectivity index (χ1) is 18.0. The summed E-state index contributed by atoms with van der Waals surface area (Å²) in [5, 5.41) is 5.66. The summed E-state index contributed by atoms with van der Waals surface area (Å²) >= 11 is 0. The van der Waals surface area contributed by atoms with Gasteiger partial charge in [-0.3, -0.25) is 4.90 Å². The predicted octanol–water partition coefficient (Wildman–Crippen LogP) is 6.96. The number of hydrogen-bond acceptors (Lipinski definition) is 5. The summed E-state index contributed by atoms with van der Waals surface area (Å²) in [5.41, 5.74) is 16.2. The monoisotopic (exact) mass is 532 g/mol. The fourth-order valence-electron chi connectivity index (χ4n) is 3.82. The van der Waals surface area contributed by atoms with E-state index >= 15 is 0 Å². The van der Waals surface area contributed by atoms with Crippen LogP contribution in [0, 0.1) is 12.3 Å². The van der Waals surface area contributed by atoms with Gasteiger partial charge in [0.2, 0.25) is 0 Å². The normalized spacial score (nSPS) is 13.1. The molecule has 2 unspecified atom stereocenters. The Morgan fingerprint density at radius 1 is 1.11 bits per heavy atom. The van der Waals surface area contributed by atoms with E-state index in [9.17, 15) is 0 Å². The van der Waals surface area contributed by atoms with E-state index in [-0.39, 0.29) is 6.04 Å². The Morgan fingerprint density at radius 2 is 1.68 bits per heavy atom. The summed E-state index contributed by atoms with van der Waals surface area (Å²) in [4.78, 5) is 2.52. The molecular formula is C33H65N5. The molecule has 0 spiro atoms. The zero-order valence-electron chi connectivity index (χ0n) is 27.0. The highest BCUT2D eigenvalue weighted by atomic mass is 15.2. The van der Waals surface area contributed by atoms with Gasteiger partial charge in [-0.1, -0.05) is 83.2 Å². The van der Waals surface area contributed by atoms with Gasteiger partial charge in [0.05, 0.1) is 0 Å². The molecule has 0 aromatic heterocycles. The lowest BCUT2D eigenvalue weighted by atomic mass is 9.79. The number of hydrogen-bond donors (Lipinski definition) is 4. The Labute approximate surface area is 238 Å². The third-order valence-corrected chi connectivity index (χ3v) is 6.50. The summed E-state index contributed by atoms with van der Waals surface area (Å²) in [6, 6.07) is 9.07. The van der Waals surface area contributed by atoms with Gasteiger partial charge in [-0.25, -0.2) is 0 Å². The number of nitrogens with zero attached hydrogens (tertiary/aromatic N) is 1. The standard InChI is InChI=1S/C21H39N3.C8H13N.C2H7N.C2H6/c1-6-21(5,13-14-22)12-9-15-24(17(2)3)16-20(23)19-11-8-7-10-18(19)4;1-4-5-6-7-8(2)9-3;1-3-2;1-2/h7-8,10-11,17,20H,6,9,12-16,22-23H2,1-5H3;4-7,9H,2H2,1,3H3;3H,1-2H3;1-2H3/b;5-4-,7-6-;;. The number of nitrogens with two attached hydrogens (primary N) is 2. The molecule has 0 radical (unpaired) electrons. The van der Waals surface area contributed by atoms with Crippen molar-refractivity contribution in [3.05, 3.63) is 72.0 Å². The van der Waals surface area contributed by atoms with Crippen LogP contribution < -0.4 is 22.1 Å². The van der Waals surface area contributed by atoms with Crippen LogP contribution in [0.25, 0.3) is 0 Å². The van der Waals surface area contributed by atoms with Gasteiger partial charge in [-0.15, -0.1) is 0 Å². The number of rotatable bonds is 14. The van der Waals surface area contributed by atoms with Gasteiger partial charge in [0.25, 0.3) is 0 Å². The molecule has 0 heterocycles. The average molecular weight is 532 g/mol. The molecule has 1 rings (SSSR count). The van der Waals surface area contributed by atoms with Crippen molar-refractivity contribution in [3.8, 4) is 0 Å². The number of aryl methyl sites for hydroxylation is 1. The van der Waals surface area contributed by atoms with Crippen molar-refractivity contribution in [2.24, 2.45) is 16.9 Å². The van der Waals surface area contributed by atoms with Gasteiger partial charge in [0.15, 0.2) is 0 Å². The first-order valence-electron chi connectivity index (χ1n) is 14.5. The minimum atomic E-state index is 0.0789. The minimum absolute atomic E-state index is 0.0789. The second-order valence-electron chi connectivity index (χ2n) is 10.0. The summed E-state index contributed by atoms with van der Waals surface area (Å²) < 4.78 is 0. The smallest absolute Gasteiger partial charge is 0.0427 e. The molecule has 6 N–H and O–H groups in total. The molecule has 0 aliphatic rings. The molecular weight excluding hydrogens is 466 g/mol. The van der Waals surface area contributed by atoms with Crippen molar-refractivity contribution in [2.75, 3.05) is 40.8 Å². The molecule has 2 atom stereocenters. The molecule has 0 saturated heterocycles. The van der Waals surface area contributed by atoms with E-state index in [0.29, 0.717) is 11.5 Å². The van der Waals surface area contributed by atoms with Gasteiger partial charge in [0.1, 0.15) is 0 Å². The van der Waals surface area contributed by atoms with Gasteiger partial charge >= 0.3 is 0 Å². The van der Waals surface area contributed by atoms with Crippen molar-refractivity contribution < 1.29 is 0 Å². The van der Waals surface area contributed by atoms with Crippen molar-refractivity contribution in [2.45, 2.75) is 93.2 Å². The molecule has 222 valence electrons. The first-order valence-corrected chi connectivity index (χ1v) is 14.5. The zero-order chi connectivity index (χ0) is 30.0. The van der Waals surface area contributed by atoms with Gasteiger partial charge in [-0.2, -0.15) is 0 Å². The summed E-state index contributed by atoms with van der Waals surface area (Å²) in [7, 11) is 5.60. The largest absolute Gasteiger partial charge is 0.389 e. The van der Waals surface area contributed by atoms with Crippen LogP contribution in [0.3, 0.4) is 0 Å². The van der Waals surface area contributed by atoms with Crippen molar-refractivity contribution in [3.63, 3.8) is 0 Å². The van der Waals surface area contributed by atoms with E-state index in [4.69, 9.17) is 11.5 Å². The third-order valence-electron chi connectivity index (χ3n) is 6.50. The quantitative estimate of drug-likeness (QED) is 0.195. The van der Waals surface area contributed by atoms with E-state index in [0.717, 1.165) is 31.8 Å². The SMILES string of the molecule is C=C(/C=C\C=C/C)NC.CC.CCC(C)(CCN)CCCN(CC(N)c1ccccc1C)C(C)C.CNC. The Balaban J connectivity index is -0.000000726. The highest BCUT2D eigenvalue weighted by molar-refractivity contribution is 5.28. The maximum absolute atomic E-state index is 6.51. The lowest BCUT2D eigenvalue weighted by molar-refractivity contribution is 0.181. The zero-order valence-corrected chi connectivity index (χ0v) is 27.0. The highest BCUT2D eigenvalue weighted by Crippen LogP contribution is 2.31. The maximum Gasteiger partial charge on any atom is 0.0427 e. The molecule has 0 bridgehead atoms. The van der Waals surface area contributed by atoms with Crippen LogP contribution in [0.15, 0.2) is 60.8 Å². The van der Waals surface area contributed by atoms with Crippen molar-refractivity contribution in [1.82, 2.24) is 15.5 Å². The number of benzene rings is 1. The fourth-order valence-corrected chi connectivity index (χ4v) is 3.82. The van der Waals surface area contributed by atoms with E-state index in [1.165, 1.54) is 30.4 Å². The molecule has 0 saturated carbocycles. The molecule has 5 nitrogen and oxygen atoms in total. The fraction of sp³-hybridized carbons (Fsp3) is 0.636. The average Bonchev–Trinajstić information content (AvgIpc) is 2.90. The Bertz CT molecular complexity index is 726. The van der Waals surface area contributed by atoms with Crippen LogP contribution in [0.2, 0.25) is 0 Å². The van der Waals surface area contributed by atoms with Gasteiger partial charge in [-0.05, 0) is 96.8 Å². The molecule has 38 heavy (non-hydrogen) atoms. The summed E-state index contributed by atoms with van der Waals surface area (Å²) in [5.74, 6) is 0. The van der Waals surface area contributed by atoms with Crippen molar-refractivity contribution >= 4 is 0 Å².